The zero-order chi connectivity index (χ0) is 8.10. The van der Waals surface area contributed by atoms with Crippen molar-refractivity contribution < 1.29 is 4.79 Å². The van der Waals surface area contributed by atoms with E-state index in [0.29, 0.717) is 5.56 Å². The van der Waals surface area contributed by atoms with Crippen molar-refractivity contribution in [1.29, 1.82) is 0 Å². The zero-order valence-electron chi connectivity index (χ0n) is 5.65. The Bertz CT molecular complexity index is 237. The van der Waals surface area contributed by atoms with Crippen molar-refractivity contribution in [2.45, 2.75) is 0 Å². The lowest BCUT2D eigenvalue weighted by Crippen LogP contribution is -2.13. The highest BCUT2D eigenvalue weighted by Crippen LogP contribution is 2.03. The van der Waals surface area contributed by atoms with Crippen molar-refractivity contribution in [3.05, 3.63) is 35.9 Å². The standard InChI is InChI=1S/C7H7NOS2/c9-7(8-11-10)6-4-2-1-3-5-6/h1-5,10H,(H,8,9). The molecule has 2 nitrogen and oxygen atoms in total. The molecule has 1 rings (SSSR count). The lowest BCUT2D eigenvalue weighted by Gasteiger charge is -1.98. The minimum Gasteiger partial charge on any atom is -0.287 e. The van der Waals surface area contributed by atoms with Crippen LogP contribution in [0.2, 0.25) is 0 Å². The lowest BCUT2D eigenvalue weighted by molar-refractivity contribution is 0.0985. The van der Waals surface area contributed by atoms with Gasteiger partial charge in [-0.2, -0.15) is 0 Å². The second-order valence-electron chi connectivity index (χ2n) is 1.89. The summed E-state index contributed by atoms with van der Waals surface area (Å²) in [6.07, 6.45) is 0. The van der Waals surface area contributed by atoms with Crippen LogP contribution in [-0.2, 0) is 0 Å². The van der Waals surface area contributed by atoms with E-state index >= 15 is 0 Å². The number of hydrogen-bond acceptors (Lipinski definition) is 3. The van der Waals surface area contributed by atoms with E-state index in [1.807, 2.05) is 18.2 Å². The highest BCUT2D eigenvalue weighted by Gasteiger charge is 2.00. The highest BCUT2D eigenvalue weighted by atomic mass is 33.1. The average molecular weight is 185 g/mol. The Labute approximate surface area is 74.3 Å². The van der Waals surface area contributed by atoms with Crippen molar-refractivity contribution in [2.75, 3.05) is 0 Å². The average Bonchev–Trinajstić information content (AvgIpc) is 2.07. The number of thiol groups is 1. The van der Waals surface area contributed by atoms with Gasteiger partial charge in [0.05, 0.1) is 0 Å². The fourth-order valence-corrected chi connectivity index (χ4v) is 1.14. The molecular formula is C7H7NOS2. The number of rotatable bonds is 2. The fraction of sp³-hybridized carbons (Fsp3) is 0. The molecule has 0 radical (unpaired) electrons. The van der Waals surface area contributed by atoms with Gasteiger partial charge < -0.3 is 0 Å². The van der Waals surface area contributed by atoms with Gasteiger partial charge in [-0.15, -0.1) is 0 Å². The van der Waals surface area contributed by atoms with Crippen LogP contribution >= 0.6 is 22.6 Å². The van der Waals surface area contributed by atoms with E-state index in [1.54, 1.807) is 12.1 Å². The molecule has 0 aliphatic rings. The normalized spacial score (nSPS) is 9.18. The molecule has 0 aliphatic heterocycles. The summed E-state index contributed by atoms with van der Waals surface area (Å²) >= 11 is 3.79. The van der Waals surface area contributed by atoms with Crippen LogP contribution in [0.5, 0.6) is 0 Å². The van der Waals surface area contributed by atoms with E-state index < -0.39 is 0 Å². The molecule has 0 aliphatic carbocycles. The first-order valence-electron chi connectivity index (χ1n) is 3.00. The van der Waals surface area contributed by atoms with Crippen molar-refractivity contribution in [1.82, 2.24) is 4.72 Å². The topological polar surface area (TPSA) is 29.1 Å². The number of hydrogen-bond donors (Lipinski definition) is 2. The molecule has 0 atom stereocenters. The largest absolute Gasteiger partial charge is 0.287 e. The SMILES string of the molecule is O=C(NSS)c1ccccc1. The summed E-state index contributed by atoms with van der Waals surface area (Å²) in [7, 11) is 0.999. The zero-order valence-corrected chi connectivity index (χ0v) is 7.36. The second kappa shape index (κ2) is 4.31. The molecule has 1 aromatic rings. The summed E-state index contributed by atoms with van der Waals surface area (Å²) in [4.78, 5) is 11.1. The molecule has 0 heterocycles. The maximum Gasteiger partial charge on any atom is 0.261 e. The summed E-state index contributed by atoms with van der Waals surface area (Å²) < 4.78 is 2.50. The molecule has 0 saturated carbocycles. The Morgan fingerprint density at radius 2 is 2.00 bits per heavy atom. The smallest absolute Gasteiger partial charge is 0.261 e. The van der Waals surface area contributed by atoms with Gasteiger partial charge in [0.2, 0.25) is 0 Å². The number of benzene rings is 1. The first-order valence-corrected chi connectivity index (χ1v) is 4.87. The van der Waals surface area contributed by atoms with Crippen LogP contribution in [0.15, 0.2) is 30.3 Å². The maximum atomic E-state index is 11.1. The quantitative estimate of drug-likeness (QED) is 0.418. The van der Waals surface area contributed by atoms with Gasteiger partial charge in [0.25, 0.3) is 5.91 Å². The Morgan fingerprint density at radius 1 is 1.36 bits per heavy atom. The van der Waals surface area contributed by atoms with Crippen LogP contribution < -0.4 is 4.72 Å². The van der Waals surface area contributed by atoms with E-state index in [0.717, 1.165) is 11.0 Å². The van der Waals surface area contributed by atoms with Crippen molar-refractivity contribution in [3.63, 3.8) is 0 Å². The van der Waals surface area contributed by atoms with Crippen molar-refractivity contribution >= 4 is 28.5 Å². The minimum absolute atomic E-state index is 0.120. The second-order valence-corrected chi connectivity index (χ2v) is 2.82. The number of carbonyl (C=O) groups excluding carboxylic acids is 1. The highest BCUT2D eigenvalue weighted by molar-refractivity contribution is 8.68. The Kier molecular flexibility index (Phi) is 3.32. The first-order chi connectivity index (χ1) is 5.34. The minimum atomic E-state index is -0.120. The van der Waals surface area contributed by atoms with Crippen molar-refractivity contribution in [2.24, 2.45) is 0 Å². The monoisotopic (exact) mass is 185 g/mol. The Balaban J connectivity index is 2.69. The molecule has 58 valence electrons. The summed E-state index contributed by atoms with van der Waals surface area (Å²) in [6, 6.07) is 9.00. The predicted octanol–water partition coefficient (Wildman–Crippen LogP) is 1.91. The third-order valence-electron chi connectivity index (χ3n) is 1.17. The molecule has 4 heteroatoms. The van der Waals surface area contributed by atoms with Gasteiger partial charge in [0.15, 0.2) is 0 Å². The molecule has 1 N–H and O–H groups in total. The van der Waals surface area contributed by atoms with Gasteiger partial charge in [-0.3, -0.25) is 9.52 Å². The van der Waals surface area contributed by atoms with E-state index in [2.05, 4.69) is 16.4 Å². The van der Waals surface area contributed by atoms with E-state index in [9.17, 15) is 4.79 Å². The molecule has 0 aromatic heterocycles. The molecule has 0 fully saturated rings. The molecule has 1 aromatic carbocycles. The first kappa shape index (κ1) is 8.49. The predicted molar refractivity (Wildman–Crippen MR) is 50.5 cm³/mol. The lowest BCUT2D eigenvalue weighted by atomic mass is 10.2. The summed E-state index contributed by atoms with van der Waals surface area (Å²) in [5.74, 6) is -0.120. The van der Waals surface area contributed by atoms with Crippen LogP contribution in [0.4, 0.5) is 0 Å². The molecule has 0 saturated heterocycles. The number of amides is 1. The molecule has 0 spiro atoms. The van der Waals surface area contributed by atoms with Gasteiger partial charge in [-0.25, -0.2) is 0 Å². The third-order valence-corrected chi connectivity index (χ3v) is 1.72. The molecular weight excluding hydrogens is 178 g/mol. The van der Waals surface area contributed by atoms with Crippen molar-refractivity contribution in [3.8, 4) is 0 Å². The number of nitrogens with one attached hydrogen (secondary N) is 1. The van der Waals surface area contributed by atoms with Gasteiger partial charge in [0, 0.05) is 16.5 Å². The van der Waals surface area contributed by atoms with E-state index in [1.165, 1.54) is 0 Å². The van der Waals surface area contributed by atoms with Crippen LogP contribution in [0.3, 0.4) is 0 Å². The number of carbonyl (C=O) groups is 1. The van der Waals surface area contributed by atoms with Gasteiger partial charge in [-0.1, -0.05) is 29.9 Å². The Morgan fingerprint density at radius 3 is 2.55 bits per heavy atom. The van der Waals surface area contributed by atoms with Crippen LogP contribution in [0.25, 0.3) is 0 Å². The van der Waals surface area contributed by atoms with Gasteiger partial charge in [-0.05, 0) is 12.1 Å². The Hall–Kier alpha value is -0.610. The summed E-state index contributed by atoms with van der Waals surface area (Å²) in [5.41, 5.74) is 0.647. The summed E-state index contributed by atoms with van der Waals surface area (Å²) in [6.45, 7) is 0. The fourth-order valence-electron chi connectivity index (χ4n) is 0.690. The summed E-state index contributed by atoms with van der Waals surface area (Å²) in [5, 5.41) is 0. The molecule has 0 unspecified atom stereocenters. The van der Waals surface area contributed by atoms with E-state index in [4.69, 9.17) is 0 Å². The van der Waals surface area contributed by atoms with E-state index in [-0.39, 0.29) is 5.91 Å². The van der Waals surface area contributed by atoms with Gasteiger partial charge >= 0.3 is 0 Å². The molecule has 1 amide bonds. The van der Waals surface area contributed by atoms with Crippen LogP contribution in [0.1, 0.15) is 10.4 Å². The third kappa shape index (κ3) is 2.48. The molecule has 11 heavy (non-hydrogen) atoms. The van der Waals surface area contributed by atoms with Crippen LogP contribution in [0, 0.1) is 0 Å². The van der Waals surface area contributed by atoms with Crippen LogP contribution in [-0.4, -0.2) is 5.91 Å². The maximum absolute atomic E-state index is 11.1. The van der Waals surface area contributed by atoms with Gasteiger partial charge in [0.1, 0.15) is 0 Å². The molecule has 0 bridgehead atoms.